The molecule has 0 aromatic heterocycles. The van der Waals surface area contributed by atoms with Crippen molar-refractivity contribution in [2.24, 2.45) is 0 Å². The molecule has 0 aliphatic carbocycles. The second-order valence-electron chi connectivity index (χ2n) is 16.4. The molecule has 0 radical (unpaired) electrons. The van der Waals surface area contributed by atoms with Gasteiger partial charge in [0.2, 0.25) is 11.8 Å². The van der Waals surface area contributed by atoms with Crippen molar-refractivity contribution in [1.82, 2.24) is 30.9 Å². The van der Waals surface area contributed by atoms with Crippen molar-refractivity contribution >= 4 is 64.1 Å². The van der Waals surface area contributed by atoms with E-state index in [1.165, 1.54) is 31.0 Å². The number of likely N-dealkylation sites (N-methyl/N-ethyl adjacent to an activating group) is 2. The van der Waals surface area contributed by atoms with Crippen LogP contribution in [0.3, 0.4) is 0 Å². The van der Waals surface area contributed by atoms with Crippen molar-refractivity contribution in [3.8, 4) is 22.6 Å². The van der Waals surface area contributed by atoms with E-state index in [1.54, 1.807) is 85.0 Å². The Hall–Kier alpha value is -5.37. The zero-order valence-corrected chi connectivity index (χ0v) is 40.5. The molecule has 0 saturated heterocycles. The SMILES string of the molecule is CNC(Cc1ccc(OCCNC(=O)OC(C)(C)C)c(-c2cc(C(C(=O)NCC=O)N(C)C(=O)CNSc3ccc(Br)cc3C)ccc2OCCNC(=O)OC(C)(C)C)c1)C(=O)OC. The van der Waals surface area contributed by atoms with Crippen molar-refractivity contribution in [2.45, 2.75) is 83.1 Å². The highest BCUT2D eigenvalue weighted by Crippen LogP contribution is 2.40. The van der Waals surface area contributed by atoms with Crippen LogP contribution >= 0.6 is 27.9 Å². The molecule has 3 aromatic carbocycles. The van der Waals surface area contributed by atoms with Gasteiger partial charge < -0.3 is 54.6 Å². The van der Waals surface area contributed by atoms with Gasteiger partial charge in [0.05, 0.1) is 33.3 Å². The van der Waals surface area contributed by atoms with Crippen molar-refractivity contribution in [1.29, 1.82) is 0 Å². The number of nitrogens with one attached hydrogen (secondary N) is 5. The van der Waals surface area contributed by atoms with Gasteiger partial charge in [-0.25, -0.2) is 9.59 Å². The first kappa shape index (κ1) is 53.0. The van der Waals surface area contributed by atoms with E-state index >= 15 is 0 Å². The number of halogens is 1. The number of rotatable bonds is 22. The first-order valence-corrected chi connectivity index (χ1v) is 22.1. The quantitative estimate of drug-likeness (QED) is 0.0271. The van der Waals surface area contributed by atoms with Crippen LogP contribution in [0.15, 0.2) is 64.0 Å². The van der Waals surface area contributed by atoms with Gasteiger partial charge in [0.15, 0.2) is 0 Å². The van der Waals surface area contributed by atoms with E-state index in [0.717, 1.165) is 14.9 Å². The normalized spacial score (nSPS) is 12.2. The van der Waals surface area contributed by atoms with E-state index in [1.807, 2.05) is 25.1 Å². The number of ether oxygens (including phenoxy) is 5. The number of aldehydes is 1. The van der Waals surface area contributed by atoms with Gasteiger partial charge in [0, 0.05) is 27.5 Å². The van der Waals surface area contributed by atoms with E-state index in [9.17, 15) is 28.8 Å². The lowest BCUT2D eigenvalue weighted by Crippen LogP contribution is -2.44. The van der Waals surface area contributed by atoms with Crippen LogP contribution in [-0.4, -0.2) is 119 Å². The number of nitrogens with zero attached hydrogens (tertiary/aromatic N) is 1. The van der Waals surface area contributed by atoms with Gasteiger partial charge in [-0.1, -0.05) is 28.1 Å². The number of carbonyl (C=O) groups excluding carboxylic acids is 6. The summed E-state index contributed by atoms with van der Waals surface area (Å²) < 4.78 is 32.3. The fraction of sp³-hybridized carbons (Fsp3) is 0.467. The molecule has 0 aliphatic heterocycles. The number of hydrogen-bond acceptors (Lipinski definition) is 14. The lowest BCUT2D eigenvalue weighted by Gasteiger charge is -2.28. The second-order valence-corrected chi connectivity index (χ2v) is 18.2. The van der Waals surface area contributed by atoms with Gasteiger partial charge in [-0.3, -0.25) is 19.1 Å². The van der Waals surface area contributed by atoms with Gasteiger partial charge >= 0.3 is 18.2 Å². The first-order valence-electron chi connectivity index (χ1n) is 20.5. The van der Waals surface area contributed by atoms with Crippen LogP contribution < -0.4 is 35.5 Å². The Labute approximate surface area is 388 Å². The number of alkyl carbamates (subject to hydrolysis) is 2. The minimum Gasteiger partial charge on any atom is -0.491 e. The monoisotopic (exact) mass is 972 g/mol. The summed E-state index contributed by atoms with van der Waals surface area (Å²) in [6.07, 6.45) is -0.490. The Morgan fingerprint density at radius 1 is 0.812 bits per heavy atom. The van der Waals surface area contributed by atoms with Gasteiger partial charge in [-0.15, -0.1) is 0 Å². The molecule has 0 heterocycles. The van der Waals surface area contributed by atoms with Crippen LogP contribution in [0.2, 0.25) is 0 Å². The topological polar surface area (TPSA) is 212 Å². The van der Waals surface area contributed by atoms with E-state index < -0.39 is 53.3 Å². The number of methoxy groups -OCH3 is 1. The highest BCUT2D eigenvalue weighted by atomic mass is 79.9. The number of esters is 1. The lowest BCUT2D eigenvalue weighted by molar-refractivity contribution is -0.143. The van der Waals surface area contributed by atoms with E-state index in [0.29, 0.717) is 40.0 Å². The molecule has 0 bridgehead atoms. The Bertz CT molecular complexity index is 2090. The van der Waals surface area contributed by atoms with Gasteiger partial charge in [-0.05, 0) is 133 Å². The molecule has 64 heavy (non-hydrogen) atoms. The molecule has 0 saturated carbocycles. The molecule has 19 heteroatoms. The maximum absolute atomic E-state index is 13.9. The lowest BCUT2D eigenvalue weighted by atomic mass is 9.94. The minimum atomic E-state index is -1.23. The maximum atomic E-state index is 13.9. The number of hydrogen-bond donors (Lipinski definition) is 5. The third-order valence-electron chi connectivity index (χ3n) is 8.91. The molecule has 2 atom stereocenters. The maximum Gasteiger partial charge on any atom is 0.407 e. The molecule has 5 N–H and O–H groups in total. The summed E-state index contributed by atoms with van der Waals surface area (Å²) in [5.74, 6) is -0.857. The largest absolute Gasteiger partial charge is 0.491 e. The third-order valence-corrected chi connectivity index (χ3v) is 10.4. The molecule has 350 valence electrons. The number of aryl methyl sites for hydroxylation is 1. The molecule has 17 nitrogen and oxygen atoms in total. The minimum absolute atomic E-state index is 0.00569. The fourth-order valence-electron chi connectivity index (χ4n) is 5.99. The smallest absolute Gasteiger partial charge is 0.407 e. The first-order chi connectivity index (χ1) is 30.2. The fourth-order valence-corrected chi connectivity index (χ4v) is 7.18. The summed E-state index contributed by atoms with van der Waals surface area (Å²) in [7, 11) is 4.44. The summed E-state index contributed by atoms with van der Waals surface area (Å²) in [6.45, 7) is 12.2. The molecule has 0 fully saturated rings. The van der Waals surface area contributed by atoms with Crippen LogP contribution in [-0.2, 0) is 39.8 Å². The zero-order chi connectivity index (χ0) is 47.6. The van der Waals surface area contributed by atoms with Gasteiger partial charge in [-0.2, -0.15) is 0 Å². The Balaban J connectivity index is 2.13. The molecule has 4 amide bonds. The summed E-state index contributed by atoms with van der Waals surface area (Å²) in [5.41, 5.74) is 1.51. The predicted octanol–water partition coefficient (Wildman–Crippen LogP) is 5.65. The predicted molar refractivity (Wildman–Crippen MR) is 247 cm³/mol. The van der Waals surface area contributed by atoms with E-state index in [4.69, 9.17) is 23.7 Å². The van der Waals surface area contributed by atoms with Crippen molar-refractivity contribution in [2.75, 3.05) is 60.6 Å². The molecule has 3 aromatic rings. The summed E-state index contributed by atoms with van der Waals surface area (Å²) in [4.78, 5) is 78.8. The van der Waals surface area contributed by atoms with Crippen LogP contribution in [0.1, 0.15) is 64.3 Å². The zero-order valence-electron chi connectivity index (χ0n) is 38.1. The van der Waals surface area contributed by atoms with Gasteiger partial charge in [0.1, 0.15) is 54.3 Å². The Kier molecular flexibility index (Phi) is 20.9. The summed E-state index contributed by atoms with van der Waals surface area (Å²) in [6, 6.07) is 14.1. The van der Waals surface area contributed by atoms with Crippen LogP contribution in [0.5, 0.6) is 11.5 Å². The highest BCUT2D eigenvalue weighted by Gasteiger charge is 2.30. The summed E-state index contributed by atoms with van der Waals surface area (Å²) >= 11 is 4.74. The average Bonchev–Trinajstić information content (AvgIpc) is 3.22. The Morgan fingerprint density at radius 3 is 1.92 bits per heavy atom. The van der Waals surface area contributed by atoms with Crippen molar-refractivity contribution in [3.05, 3.63) is 75.8 Å². The number of benzene rings is 3. The van der Waals surface area contributed by atoms with Crippen LogP contribution in [0.25, 0.3) is 11.1 Å². The standard InChI is InChI=1S/C45H61BrN6O11S/c1-28-23-31(46)13-16-37(28)64-51-27-38(54)52(9)39(40(55)48-17-20-53)30-12-15-36(61-22-19-50-43(58)63-45(5,6)7)33(26-30)32-24-29(25-34(47-8)41(56)59-10)11-14-35(32)60-21-18-49-42(57)62-44(2,3)4/h11-16,20,23-24,26,34,39,47,51H,17-19,21-22,25,27H2,1-10H3,(H,48,55)(H,49,57)(H,50,58). The number of carbonyl (C=O) groups is 6. The van der Waals surface area contributed by atoms with Crippen LogP contribution in [0, 0.1) is 6.92 Å². The molecular weight excluding hydrogens is 912 g/mol. The van der Waals surface area contributed by atoms with Gasteiger partial charge in [0.25, 0.3) is 0 Å². The van der Waals surface area contributed by atoms with E-state index in [-0.39, 0.29) is 45.8 Å². The average molecular weight is 974 g/mol. The summed E-state index contributed by atoms with van der Waals surface area (Å²) in [5, 5.41) is 10.9. The molecule has 3 rings (SSSR count). The third kappa shape index (κ3) is 17.7. The molecular formula is C45H61BrN6O11S. The Morgan fingerprint density at radius 2 is 1.39 bits per heavy atom. The second kappa shape index (κ2) is 25.2. The van der Waals surface area contributed by atoms with E-state index in [2.05, 4.69) is 41.9 Å². The number of amides is 4. The molecule has 0 aliphatic rings. The van der Waals surface area contributed by atoms with Crippen molar-refractivity contribution < 1.29 is 52.5 Å². The molecule has 2 unspecified atom stereocenters. The highest BCUT2D eigenvalue weighted by molar-refractivity contribution is 9.10. The van der Waals surface area contributed by atoms with Crippen LogP contribution in [0.4, 0.5) is 9.59 Å². The van der Waals surface area contributed by atoms with Crippen molar-refractivity contribution in [3.63, 3.8) is 0 Å². The molecule has 0 spiro atoms.